The lowest BCUT2D eigenvalue weighted by Crippen LogP contribution is -2.58. The van der Waals surface area contributed by atoms with Gasteiger partial charge >= 0.3 is 11.9 Å². The lowest BCUT2D eigenvalue weighted by Gasteiger charge is -2.44. The van der Waals surface area contributed by atoms with E-state index in [0.29, 0.717) is 11.3 Å². The van der Waals surface area contributed by atoms with Crippen molar-refractivity contribution in [1.82, 2.24) is 14.5 Å². The summed E-state index contributed by atoms with van der Waals surface area (Å²) in [5, 5.41) is 10.2. The van der Waals surface area contributed by atoms with Crippen molar-refractivity contribution in [2.24, 2.45) is 5.41 Å². The van der Waals surface area contributed by atoms with E-state index in [9.17, 15) is 14.9 Å². The first kappa shape index (κ1) is 31.8. The average molecular weight is 701 g/mol. The Balaban J connectivity index is 1.57. The van der Waals surface area contributed by atoms with Gasteiger partial charge < -0.3 is 15.5 Å². The Morgan fingerprint density at radius 1 is 1.21 bits per heavy atom. The van der Waals surface area contributed by atoms with Gasteiger partial charge in [0.05, 0.1) is 21.3 Å². The number of nitriles is 1. The molecular formula is C32H28F4N6O2S3. The molecule has 2 N–H and O–H groups in total. The van der Waals surface area contributed by atoms with Gasteiger partial charge in [0.1, 0.15) is 22.7 Å². The third kappa shape index (κ3) is 4.90. The van der Waals surface area contributed by atoms with Gasteiger partial charge in [-0.2, -0.15) is 35.2 Å². The van der Waals surface area contributed by atoms with Crippen LogP contribution in [0.25, 0.3) is 32.1 Å². The first-order chi connectivity index (χ1) is 22.3. The number of halogens is 4. The van der Waals surface area contributed by atoms with Crippen LogP contribution in [0.3, 0.4) is 0 Å². The van der Waals surface area contributed by atoms with Crippen LogP contribution in [0.2, 0.25) is 0 Å². The molecule has 0 saturated carbocycles. The van der Waals surface area contributed by atoms with Crippen molar-refractivity contribution in [3.63, 3.8) is 0 Å². The minimum atomic E-state index is -4.88. The zero-order valence-corrected chi connectivity index (χ0v) is 27.7. The molecular weight excluding hydrogens is 673 g/mol. The van der Waals surface area contributed by atoms with Crippen molar-refractivity contribution in [2.45, 2.75) is 43.5 Å². The summed E-state index contributed by atoms with van der Waals surface area (Å²) in [4.78, 5) is 34.7. The van der Waals surface area contributed by atoms with Crippen molar-refractivity contribution < 1.29 is 22.4 Å². The van der Waals surface area contributed by atoms with Crippen LogP contribution in [0.5, 0.6) is 0 Å². The van der Waals surface area contributed by atoms with Crippen molar-refractivity contribution in [3.8, 4) is 17.2 Å². The first-order valence-electron chi connectivity index (χ1n) is 14.8. The quantitative estimate of drug-likeness (QED) is 0.195. The van der Waals surface area contributed by atoms with Crippen LogP contribution in [0.1, 0.15) is 25.0 Å². The highest BCUT2D eigenvalue weighted by Crippen LogP contribution is 2.54. The molecule has 7 rings (SSSR count). The van der Waals surface area contributed by atoms with E-state index in [1.54, 1.807) is 21.6 Å². The van der Waals surface area contributed by atoms with Crippen LogP contribution in [0.15, 0.2) is 40.5 Å². The number of thiophene rings is 1. The molecule has 244 valence electrons. The van der Waals surface area contributed by atoms with Crippen LogP contribution in [-0.4, -0.2) is 62.8 Å². The van der Waals surface area contributed by atoms with E-state index in [0.717, 1.165) is 35.0 Å². The topological polar surface area (TPSA) is 108 Å². The Morgan fingerprint density at radius 2 is 1.91 bits per heavy atom. The number of hydrogen-bond donors (Lipinski definition) is 1. The fourth-order valence-corrected chi connectivity index (χ4v) is 11.0. The molecule has 2 atom stereocenters. The number of fused-ring (bicyclic) bond motifs is 1. The minimum absolute atomic E-state index is 0.00729. The molecule has 3 aliphatic rings. The molecule has 5 heterocycles. The van der Waals surface area contributed by atoms with Crippen molar-refractivity contribution in [3.05, 3.63) is 58.3 Å². The molecule has 2 saturated heterocycles. The van der Waals surface area contributed by atoms with Crippen molar-refractivity contribution in [1.29, 1.82) is 5.26 Å². The summed E-state index contributed by atoms with van der Waals surface area (Å²) in [6.07, 6.45) is -3.65. The van der Waals surface area contributed by atoms with Crippen LogP contribution in [-0.2, 0) is 17.5 Å². The van der Waals surface area contributed by atoms with Gasteiger partial charge in [-0.1, -0.05) is 12.6 Å². The SMILES string of the molecule is C=CC(=O)N1[C@H](C)CN(c2nc(=O)n3c4c(c(-c5ccc(F)c6sc(N)c(C#N)c56)c(C(F)(F)F)cc24)SCC2(CSC2)C3)C[C@@H]1C. The van der Waals surface area contributed by atoms with E-state index < -0.39 is 23.2 Å². The van der Waals surface area contributed by atoms with Gasteiger partial charge in [-0.15, -0.1) is 23.1 Å². The summed E-state index contributed by atoms with van der Waals surface area (Å²) in [5.41, 5.74) is 4.23. The number of carbonyl (C=O) groups is 1. The molecule has 2 aromatic heterocycles. The molecule has 3 aliphatic heterocycles. The van der Waals surface area contributed by atoms with Gasteiger partial charge in [-0.3, -0.25) is 9.36 Å². The number of hydrogen-bond acceptors (Lipinski definition) is 9. The number of carbonyl (C=O) groups excluding carboxylic acids is 1. The predicted octanol–water partition coefficient (Wildman–Crippen LogP) is 6.34. The van der Waals surface area contributed by atoms with E-state index in [1.807, 2.05) is 19.9 Å². The Labute approximate surface area is 279 Å². The number of nitrogens with two attached hydrogens (primary N) is 1. The summed E-state index contributed by atoms with van der Waals surface area (Å²) < 4.78 is 62.5. The summed E-state index contributed by atoms with van der Waals surface area (Å²) >= 11 is 3.78. The standard InChI is InChI=1S/C32H28F4N6O2S3/c1-4-22(43)42-15(2)9-40(10-16(42)3)29-18-7-20(32(34,35)36)24(17-5-6-21(33)26-23(17)19(8-37)28(38)47-26)27-25(18)41(30(44)39-29)11-31(14-46-27)12-45-13-31/h4-7,15-16H,1,9-14,38H2,2-3H3/t15-,16+. The van der Waals surface area contributed by atoms with Crippen molar-refractivity contribution in [2.75, 3.05) is 41.0 Å². The number of anilines is 2. The maximum atomic E-state index is 15.3. The third-order valence-electron chi connectivity index (χ3n) is 9.18. The molecule has 0 aliphatic carbocycles. The minimum Gasteiger partial charge on any atom is -0.389 e. The average Bonchev–Trinajstić information content (AvgIpc) is 3.22. The second-order valence-electron chi connectivity index (χ2n) is 12.4. The summed E-state index contributed by atoms with van der Waals surface area (Å²) in [6, 6.07) is 4.67. The van der Waals surface area contributed by atoms with Crippen molar-refractivity contribution >= 4 is 72.6 Å². The third-order valence-corrected chi connectivity index (χ3v) is 13.3. The molecule has 0 radical (unpaired) electrons. The van der Waals surface area contributed by atoms with Crippen LogP contribution in [0, 0.1) is 22.6 Å². The number of alkyl halides is 3. The number of amides is 1. The molecule has 15 heteroatoms. The number of nitrogens with zero attached hydrogens (tertiary/aromatic N) is 5. The maximum Gasteiger partial charge on any atom is 0.417 e. The Morgan fingerprint density at radius 3 is 2.51 bits per heavy atom. The van der Waals surface area contributed by atoms with Crippen LogP contribution >= 0.6 is 34.9 Å². The smallest absolute Gasteiger partial charge is 0.389 e. The molecule has 47 heavy (non-hydrogen) atoms. The summed E-state index contributed by atoms with van der Waals surface area (Å²) in [5.74, 6) is 1.09. The second-order valence-corrected chi connectivity index (χ2v) is 15.4. The van der Waals surface area contributed by atoms with E-state index >= 15 is 17.6 Å². The molecule has 1 spiro atoms. The molecule has 0 bridgehead atoms. The number of nitrogen functional groups attached to an aromatic ring is 1. The van der Waals surface area contributed by atoms with Gasteiger partial charge in [0.25, 0.3) is 0 Å². The van der Waals surface area contributed by atoms with Gasteiger partial charge in [-0.25, -0.2) is 9.18 Å². The van der Waals surface area contributed by atoms with E-state index in [1.165, 1.54) is 28.5 Å². The fraction of sp³-hybridized carbons (Fsp3) is 0.375. The summed E-state index contributed by atoms with van der Waals surface area (Å²) in [6.45, 7) is 8.01. The zero-order valence-electron chi connectivity index (χ0n) is 25.3. The van der Waals surface area contributed by atoms with Gasteiger partial charge in [0.15, 0.2) is 0 Å². The highest BCUT2D eigenvalue weighted by Gasteiger charge is 2.45. The number of rotatable bonds is 3. The molecule has 4 aromatic rings. The lowest BCUT2D eigenvalue weighted by atomic mass is 9.92. The number of thioether (sulfide) groups is 2. The monoisotopic (exact) mass is 700 g/mol. The highest BCUT2D eigenvalue weighted by molar-refractivity contribution is 8.01. The number of piperazine rings is 1. The molecule has 1 amide bonds. The lowest BCUT2D eigenvalue weighted by molar-refractivity contribution is -0.137. The molecule has 8 nitrogen and oxygen atoms in total. The molecule has 2 aromatic carbocycles. The Hall–Kier alpha value is -3.74. The van der Waals surface area contributed by atoms with E-state index in [2.05, 4.69) is 11.6 Å². The van der Waals surface area contributed by atoms with Gasteiger partial charge in [0, 0.05) is 75.6 Å². The second kappa shape index (κ2) is 11.2. The predicted molar refractivity (Wildman–Crippen MR) is 180 cm³/mol. The van der Waals surface area contributed by atoms with E-state index in [4.69, 9.17) is 5.73 Å². The van der Waals surface area contributed by atoms with Crippen LogP contribution < -0.4 is 16.3 Å². The summed E-state index contributed by atoms with van der Waals surface area (Å²) in [7, 11) is 0. The Bertz CT molecular complexity index is 2100. The number of aromatic nitrogens is 2. The maximum absolute atomic E-state index is 15.3. The first-order valence-corrected chi connectivity index (χ1v) is 17.7. The largest absolute Gasteiger partial charge is 0.417 e. The molecule has 0 unspecified atom stereocenters. The number of benzene rings is 2. The normalized spacial score (nSPS) is 20.7. The Kier molecular flexibility index (Phi) is 7.57. The zero-order chi connectivity index (χ0) is 33.6. The van der Waals surface area contributed by atoms with Gasteiger partial charge in [-0.05, 0) is 37.6 Å². The van der Waals surface area contributed by atoms with Crippen LogP contribution in [0.4, 0.5) is 28.4 Å². The molecule has 2 fully saturated rings. The highest BCUT2D eigenvalue weighted by atomic mass is 32.2. The van der Waals surface area contributed by atoms with Gasteiger partial charge in [0.2, 0.25) is 5.91 Å². The van der Waals surface area contributed by atoms with E-state index in [-0.39, 0.29) is 90.9 Å². The fourth-order valence-electron chi connectivity index (χ4n) is 7.13.